The molecular formula is C14H23BrN2O. The Balaban J connectivity index is 2.75. The fourth-order valence-corrected chi connectivity index (χ4v) is 2.54. The molecule has 4 heteroatoms. The second kappa shape index (κ2) is 7.89. The number of likely N-dealkylation sites (N-methyl/N-ethyl adjacent to an activating group) is 1. The molecule has 0 radical (unpaired) electrons. The van der Waals surface area contributed by atoms with E-state index in [2.05, 4.69) is 52.9 Å². The van der Waals surface area contributed by atoms with Gasteiger partial charge in [0.05, 0.1) is 6.61 Å². The highest BCUT2D eigenvalue weighted by molar-refractivity contribution is 9.10. The highest BCUT2D eigenvalue weighted by atomic mass is 79.9. The maximum absolute atomic E-state index is 5.64. The second-order valence-electron chi connectivity index (χ2n) is 4.50. The normalized spacial score (nSPS) is 13.0. The van der Waals surface area contributed by atoms with Crippen LogP contribution in [0, 0.1) is 0 Å². The molecule has 0 fully saturated rings. The van der Waals surface area contributed by atoms with E-state index in [4.69, 9.17) is 10.5 Å². The topological polar surface area (TPSA) is 38.5 Å². The summed E-state index contributed by atoms with van der Waals surface area (Å²) in [6.45, 7) is 7.63. The van der Waals surface area contributed by atoms with Gasteiger partial charge in [-0.15, -0.1) is 0 Å². The fraction of sp³-hybridized carbons (Fsp3) is 0.571. The van der Waals surface area contributed by atoms with Crippen molar-refractivity contribution in [3.63, 3.8) is 0 Å². The van der Waals surface area contributed by atoms with Crippen LogP contribution in [0.3, 0.4) is 0 Å². The monoisotopic (exact) mass is 314 g/mol. The van der Waals surface area contributed by atoms with Crippen LogP contribution >= 0.6 is 15.9 Å². The summed E-state index contributed by atoms with van der Waals surface area (Å²) in [5.41, 5.74) is 8.08. The Bertz CT molecular complexity index is 371. The average molecular weight is 315 g/mol. The molecule has 0 spiro atoms. The number of methoxy groups -OCH3 is 1. The summed E-state index contributed by atoms with van der Waals surface area (Å²) < 4.78 is 6.35. The van der Waals surface area contributed by atoms with Crippen molar-refractivity contribution in [2.75, 3.05) is 20.3 Å². The first-order valence-corrected chi connectivity index (χ1v) is 7.12. The second-order valence-corrected chi connectivity index (χ2v) is 5.35. The van der Waals surface area contributed by atoms with E-state index in [1.165, 1.54) is 5.56 Å². The van der Waals surface area contributed by atoms with Crippen molar-refractivity contribution in [1.29, 1.82) is 0 Å². The molecule has 0 aliphatic rings. The summed E-state index contributed by atoms with van der Waals surface area (Å²) in [6.07, 6.45) is 0. The Labute approximate surface area is 118 Å². The van der Waals surface area contributed by atoms with Crippen molar-refractivity contribution < 1.29 is 4.74 Å². The van der Waals surface area contributed by atoms with Crippen molar-refractivity contribution in [3.05, 3.63) is 33.8 Å². The van der Waals surface area contributed by atoms with E-state index in [1.54, 1.807) is 7.11 Å². The molecule has 102 valence electrons. The van der Waals surface area contributed by atoms with Crippen molar-refractivity contribution in [2.45, 2.75) is 33.0 Å². The van der Waals surface area contributed by atoms with Crippen LogP contribution in [0.5, 0.6) is 0 Å². The Hall–Kier alpha value is -0.420. The Morgan fingerprint density at radius 3 is 2.67 bits per heavy atom. The number of hydrogen-bond acceptors (Lipinski definition) is 3. The van der Waals surface area contributed by atoms with Gasteiger partial charge in [-0.1, -0.05) is 35.0 Å². The van der Waals surface area contributed by atoms with Crippen molar-refractivity contribution in [3.8, 4) is 0 Å². The number of halogens is 1. The summed E-state index contributed by atoms with van der Waals surface area (Å²) in [7, 11) is 1.75. The third-order valence-corrected chi connectivity index (χ3v) is 3.90. The zero-order chi connectivity index (χ0) is 13.5. The van der Waals surface area contributed by atoms with Gasteiger partial charge in [-0.2, -0.15) is 0 Å². The lowest BCUT2D eigenvalue weighted by Gasteiger charge is -2.27. The molecule has 0 aromatic heterocycles. The van der Waals surface area contributed by atoms with Gasteiger partial charge in [-0.05, 0) is 30.7 Å². The summed E-state index contributed by atoms with van der Waals surface area (Å²) in [5.74, 6) is 0. The minimum absolute atomic E-state index is 0.418. The Morgan fingerprint density at radius 2 is 2.17 bits per heavy atom. The predicted octanol–water partition coefficient (Wildman–Crippen LogP) is 2.76. The molecule has 0 heterocycles. The molecule has 1 rings (SSSR count). The van der Waals surface area contributed by atoms with E-state index in [-0.39, 0.29) is 0 Å². The number of nitrogens with two attached hydrogens (primary N) is 1. The zero-order valence-corrected chi connectivity index (χ0v) is 13.0. The van der Waals surface area contributed by atoms with E-state index < -0.39 is 0 Å². The summed E-state index contributed by atoms with van der Waals surface area (Å²) in [4.78, 5) is 2.39. The van der Waals surface area contributed by atoms with Gasteiger partial charge < -0.3 is 10.5 Å². The van der Waals surface area contributed by atoms with E-state index in [9.17, 15) is 0 Å². The molecule has 0 bridgehead atoms. The molecule has 18 heavy (non-hydrogen) atoms. The van der Waals surface area contributed by atoms with Crippen LogP contribution in [0.1, 0.15) is 25.0 Å². The molecule has 0 amide bonds. The Kier molecular flexibility index (Phi) is 6.86. The predicted molar refractivity (Wildman–Crippen MR) is 79.5 cm³/mol. The lowest BCUT2D eigenvalue weighted by atomic mass is 10.1. The quantitative estimate of drug-likeness (QED) is 0.841. The number of ether oxygens (including phenoxy) is 1. The van der Waals surface area contributed by atoms with Gasteiger partial charge in [0, 0.05) is 30.7 Å². The summed E-state index contributed by atoms with van der Waals surface area (Å²) >= 11 is 3.62. The summed E-state index contributed by atoms with van der Waals surface area (Å²) in [5, 5.41) is 0. The molecule has 0 saturated carbocycles. The van der Waals surface area contributed by atoms with Crippen LogP contribution in [0.25, 0.3) is 0 Å². The maximum Gasteiger partial charge on any atom is 0.0615 e. The average Bonchev–Trinajstić information content (AvgIpc) is 2.37. The van der Waals surface area contributed by atoms with Gasteiger partial charge in [-0.25, -0.2) is 0 Å². The lowest BCUT2D eigenvalue weighted by molar-refractivity contribution is 0.0981. The number of benzene rings is 1. The van der Waals surface area contributed by atoms with Gasteiger partial charge in [0.2, 0.25) is 0 Å². The van der Waals surface area contributed by atoms with Crippen LogP contribution in [-0.4, -0.2) is 31.2 Å². The number of nitrogens with zero attached hydrogens (tertiary/aromatic N) is 1. The van der Waals surface area contributed by atoms with Crippen LogP contribution in [0.2, 0.25) is 0 Å². The number of hydrogen-bond donors (Lipinski definition) is 1. The molecule has 1 unspecified atom stereocenters. The van der Waals surface area contributed by atoms with Crippen LogP contribution in [0.15, 0.2) is 22.7 Å². The largest absolute Gasteiger partial charge is 0.383 e. The van der Waals surface area contributed by atoms with Crippen molar-refractivity contribution in [2.24, 2.45) is 5.73 Å². The van der Waals surface area contributed by atoms with Crippen LogP contribution in [-0.2, 0) is 17.8 Å². The third-order valence-electron chi connectivity index (χ3n) is 3.16. The van der Waals surface area contributed by atoms with Gasteiger partial charge in [-0.3, -0.25) is 4.90 Å². The molecule has 2 N–H and O–H groups in total. The van der Waals surface area contributed by atoms with Gasteiger partial charge >= 0.3 is 0 Å². The third kappa shape index (κ3) is 4.35. The maximum atomic E-state index is 5.64. The van der Waals surface area contributed by atoms with E-state index in [0.717, 1.165) is 29.7 Å². The minimum Gasteiger partial charge on any atom is -0.383 e. The smallest absolute Gasteiger partial charge is 0.0615 e. The van der Waals surface area contributed by atoms with Crippen LogP contribution < -0.4 is 5.73 Å². The highest BCUT2D eigenvalue weighted by Gasteiger charge is 2.13. The van der Waals surface area contributed by atoms with Crippen molar-refractivity contribution >= 4 is 15.9 Å². The molecule has 0 aliphatic carbocycles. The highest BCUT2D eigenvalue weighted by Crippen LogP contribution is 2.21. The first kappa shape index (κ1) is 15.6. The molecule has 1 aromatic carbocycles. The van der Waals surface area contributed by atoms with E-state index >= 15 is 0 Å². The van der Waals surface area contributed by atoms with Gasteiger partial charge in [0.15, 0.2) is 0 Å². The van der Waals surface area contributed by atoms with Gasteiger partial charge in [0.1, 0.15) is 0 Å². The van der Waals surface area contributed by atoms with Gasteiger partial charge in [0.25, 0.3) is 0 Å². The zero-order valence-electron chi connectivity index (χ0n) is 11.4. The SMILES string of the molecule is CCN(Cc1ccc(CN)cc1Br)C(C)COC. The first-order valence-electron chi connectivity index (χ1n) is 6.32. The fourth-order valence-electron chi connectivity index (χ4n) is 1.99. The minimum atomic E-state index is 0.418. The molecule has 1 atom stereocenters. The van der Waals surface area contributed by atoms with Crippen molar-refractivity contribution in [1.82, 2.24) is 4.90 Å². The molecule has 3 nitrogen and oxygen atoms in total. The Morgan fingerprint density at radius 1 is 1.44 bits per heavy atom. The summed E-state index contributed by atoms with van der Waals surface area (Å²) in [6, 6.07) is 6.76. The standard InChI is InChI=1S/C14H23BrN2O/c1-4-17(11(2)10-18-3)9-13-6-5-12(8-16)7-14(13)15/h5-7,11H,4,8-10,16H2,1-3H3. The van der Waals surface area contributed by atoms with E-state index in [0.29, 0.717) is 12.6 Å². The molecule has 0 saturated heterocycles. The number of rotatable bonds is 7. The van der Waals surface area contributed by atoms with E-state index in [1.807, 2.05) is 0 Å². The lowest BCUT2D eigenvalue weighted by Crippen LogP contribution is -2.35. The first-order chi connectivity index (χ1) is 8.62. The molecule has 1 aromatic rings. The molecule has 0 aliphatic heterocycles. The van der Waals surface area contributed by atoms with Crippen LogP contribution in [0.4, 0.5) is 0 Å². The molecular weight excluding hydrogens is 292 g/mol.